The zero-order valence-electron chi connectivity index (χ0n) is 8.66. The fraction of sp³-hybridized carbons (Fsp3) is 0.545. The van der Waals surface area contributed by atoms with Gasteiger partial charge in [-0.1, -0.05) is 12.8 Å². The van der Waals surface area contributed by atoms with Crippen LogP contribution in [0.15, 0.2) is 27.8 Å². The lowest BCUT2D eigenvalue weighted by atomic mass is 10.2. The van der Waals surface area contributed by atoms with Gasteiger partial charge in [0.2, 0.25) is 0 Å². The number of rotatable bonds is 7. The molecule has 1 heterocycles. The molecule has 0 radical (unpaired) electrons. The molecule has 0 amide bonds. The van der Waals surface area contributed by atoms with Crippen LogP contribution in [0.4, 0.5) is 0 Å². The number of hydrogen-bond acceptors (Lipinski definition) is 3. The molecule has 1 N–H and O–H groups in total. The first-order valence-corrected chi connectivity index (χ1v) is 6.96. The normalized spacial score (nSPS) is 10.5. The van der Waals surface area contributed by atoms with E-state index in [1.54, 1.807) is 11.8 Å². The molecule has 0 aromatic carbocycles. The molecule has 0 aliphatic heterocycles. The van der Waals surface area contributed by atoms with Gasteiger partial charge in [0, 0.05) is 17.3 Å². The highest BCUT2D eigenvalue weighted by Gasteiger charge is 1.95. The van der Waals surface area contributed by atoms with Gasteiger partial charge in [-0.3, -0.25) is 0 Å². The van der Waals surface area contributed by atoms with Crippen LogP contribution in [0, 0.1) is 0 Å². The van der Waals surface area contributed by atoms with Crippen LogP contribution in [0.25, 0.3) is 0 Å². The highest BCUT2D eigenvalue weighted by molar-refractivity contribution is 9.10. The molecule has 0 saturated carbocycles. The Labute approximate surface area is 104 Å². The van der Waals surface area contributed by atoms with Crippen molar-refractivity contribution in [2.24, 2.45) is 0 Å². The number of aliphatic hydroxyl groups excluding tert-OH is 1. The summed E-state index contributed by atoms with van der Waals surface area (Å²) in [7, 11) is 0. The van der Waals surface area contributed by atoms with Crippen molar-refractivity contribution >= 4 is 27.7 Å². The molecule has 0 spiro atoms. The first-order valence-electron chi connectivity index (χ1n) is 5.18. The van der Waals surface area contributed by atoms with E-state index in [2.05, 4.69) is 20.9 Å². The highest BCUT2D eigenvalue weighted by atomic mass is 79.9. The van der Waals surface area contributed by atoms with Crippen molar-refractivity contribution < 1.29 is 5.11 Å². The molecule has 0 atom stereocenters. The van der Waals surface area contributed by atoms with Gasteiger partial charge in [0.15, 0.2) is 0 Å². The summed E-state index contributed by atoms with van der Waals surface area (Å²) in [6, 6.07) is 4.05. The number of aromatic nitrogens is 1. The molecule has 0 aliphatic carbocycles. The van der Waals surface area contributed by atoms with Crippen molar-refractivity contribution in [1.82, 2.24) is 4.98 Å². The van der Waals surface area contributed by atoms with E-state index in [1.807, 2.05) is 18.3 Å². The van der Waals surface area contributed by atoms with Crippen LogP contribution in [0.1, 0.15) is 25.7 Å². The molecular weight excluding hydrogens is 274 g/mol. The van der Waals surface area contributed by atoms with E-state index < -0.39 is 0 Å². The lowest BCUT2D eigenvalue weighted by Crippen LogP contribution is -1.86. The molecule has 0 unspecified atom stereocenters. The van der Waals surface area contributed by atoms with Gasteiger partial charge in [0.05, 0.1) is 5.03 Å². The van der Waals surface area contributed by atoms with E-state index in [0.29, 0.717) is 6.61 Å². The van der Waals surface area contributed by atoms with Crippen molar-refractivity contribution in [2.45, 2.75) is 30.7 Å². The molecule has 0 bridgehead atoms. The SMILES string of the molecule is OCCCCCCSc1ccc(Br)cn1. The van der Waals surface area contributed by atoms with Crippen LogP contribution in [-0.4, -0.2) is 22.5 Å². The molecule has 0 aliphatic rings. The van der Waals surface area contributed by atoms with Gasteiger partial charge in [-0.15, -0.1) is 11.8 Å². The standard InChI is InChI=1S/C11H16BrNOS/c12-10-5-6-11(13-9-10)15-8-4-2-1-3-7-14/h5-6,9,14H,1-4,7-8H2. The third-order valence-corrected chi connectivity index (χ3v) is 3.50. The van der Waals surface area contributed by atoms with Crippen LogP contribution >= 0.6 is 27.7 Å². The Morgan fingerprint density at radius 3 is 2.67 bits per heavy atom. The van der Waals surface area contributed by atoms with Gasteiger partial charge in [0.1, 0.15) is 0 Å². The van der Waals surface area contributed by atoms with E-state index in [9.17, 15) is 0 Å². The Morgan fingerprint density at radius 1 is 1.20 bits per heavy atom. The summed E-state index contributed by atoms with van der Waals surface area (Å²) in [4.78, 5) is 4.29. The van der Waals surface area contributed by atoms with Crippen molar-refractivity contribution in [3.63, 3.8) is 0 Å². The first-order chi connectivity index (χ1) is 7.33. The summed E-state index contributed by atoms with van der Waals surface area (Å²) < 4.78 is 1.02. The second kappa shape index (κ2) is 8.13. The van der Waals surface area contributed by atoms with Crippen LogP contribution < -0.4 is 0 Å². The van der Waals surface area contributed by atoms with Crippen LogP contribution in [0.3, 0.4) is 0 Å². The zero-order valence-corrected chi connectivity index (χ0v) is 11.1. The summed E-state index contributed by atoms with van der Waals surface area (Å²) >= 11 is 5.15. The average Bonchev–Trinajstić information content (AvgIpc) is 2.26. The van der Waals surface area contributed by atoms with Crippen molar-refractivity contribution in [1.29, 1.82) is 0 Å². The Balaban J connectivity index is 2.07. The molecule has 0 fully saturated rings. The second-order valence-corrected chi connectivity index (χ2v) is 5.33. The van der Waals surface area contributed by atoms with Crippen LogP contribution in [0.2, 0.25) is 0 Å². The fourth-order valence-electron chi connectivity index (χ4n) is 1.19. The molecule has 1 aromatic rings. The summed E-state index contributed by atoms with van der Waals surface area (Å²) in [6.07, 6.45) is 6.28. The Morgan fingerprint density at radius 2 is 2.00 bits per heavy atom. The van der Waals surface area contributed by atoms with Crippen LogP contribution in [-0.2, 0) is 0 Å². The molecule has 15 heavy (non-hydrogen) atoms. The molecule has 0 saturated heterocycles. The largest absolute Gasteiger partial charge is 0.396 e. The number of aliphatic hydroxyl groups is 1. The number of unbranched alkanes of at least 4 members (excludes halogenated alkanes) is 3. The lowest BCUT2D eigenvalue weighted by Gasteiger charge is -2.00. The van der Waals surface area contributed by atoms with Crippen molar-refractivity contribution in [2.75, 3.05) is 12.4 Å². The Kier molecular flexibility index (Phi) is 7.05. The monoisotopic (exact) mass is 289 g/mol. The molecule has 1 aromatic heterocycles. The zero-order chi connectivity index (χ0) is 10.9. The lowest BCUT2D eigenvalue weighted by molar-refractivity contribution is 0.283. The predicted molar refractivity (Wildman–Crippen MR) is 68.2 cm³/mol. The van der Waals surface area contributed by atoms with E-state index in [1.165, 1.54) is 12.8 Å². The maximum Gasteiger partial charge on any atom is 0.0960 e. The minimum Gasteiger partial charge on any atom is -0.396 e. The summed E-state index contributed by atoms with van der Waals surface area (Å²) in [5.41, 5.74) is 0. The summed E-state index contributed by atoms with van der Waals surface area (Å²) in [5.74, 6) is 1.11. The van der Waals surface area contributed by atoms with Crippen molar-refractivity contribution in [3.8, 4) is 0 Å². The molecule has 4 heteroatoms. The molecule has 1 rings (SSSR count). The van der Waals surface area contributed by atoms with E-state index in [-0.39, 0.29) is 0 Å². The van der Waals surface area contributed by atoms with Gasteiger partial charge in [-0.25, -0.2) is 4.98 Å². The maximum absolute atomic E-state index is 8.61. The first kappa shape index (κ1) is 13.0. The predicted octanol–water partition coefficient (Wildman–Crippen LogP) is 3.49. The van der Waals surface area contributed by atoms with Gasteiger partial charge in [-0.05, 0) is 46.7 Å². The fourth-order valence-corrected chi connectivity index (χ4v) is 2.28. The Hall–Kier alpha value is -0.0600. The number of pyridine rings is 1. The minimum atomic E-state index is 0.321. The van der Waals surface area contributed by atoms with Crippen molar-refractivity contribution in [3.05, 3.63) is 22.8 Å². The van der Waals surface area contributed by atoms with Crippen LogP contribution in [0.5, 0.6) is 0 Å². The van der Waals surface area contributed by atoms with E-state index >= 15 is 0 Å². The van der Waals surface area contributed by atoms with Gasteiger partial charge < -0.3 is 5.11 Å². The second-order valence-electron chi connectivity index (χ2n) is 3.30. The van der Waals surface area contributed by atoms with Gasteiger partial charge in [-0.2, -0.15) is 0 Å². The van der Waals surface area contributed by atoms with Gasteiger partial charge in [0.25, 0.3) is 0 Å². The van der Waals surface area contributed by atoms with E-state index in [4.69, 9.17) is 5.11 Å². The molecular formula is C11H16BrNOS. The maximum atomic E-state index is 8.61. The summed E-state index contributed by atoms with van der Waals surface area (Å²) in [6.45, 7) is 0.321. The Bertz CT molecular complexity index is 266. The quantitative estimate of drug-likeness (QED) is 0.616. The number of hydrogen-bond donors (Lipinski definition) is 1. The average molecular weight is 290 g/mol. The summed E-state index contributed by atoms with van der Waals surface area (Å²) in [5, 5.41) is 9.69. The van der Waals surface area contributed by atoms with E-state index in [0.717, 1.165) is 28.1 Å². The topological polar surface area (TPSA) is 33.1 Å². The smallest absolute Gasteiger partial charge is 0.0960 e. The number of halogens is 1. The minimum absolute atomic E-state index is 0.321. The number of thioether (sulfide) groups is 1. The molecule has 2 nitrogen and oxygen atoms in total. The van der Waals surface area contributed by atoms with Gasteiger partial charge >= 0.3 is 0 Å². The molecule has 84 valence electrons. The third kappa shape index (κ3) is 6.17. The highest BCUT2D eigenvalue weighted by Crippen LogP contribution is 2.19. The number of nitrogens with zero attached hydrogens (tertiary/aromatic N) is 1. The third-order valence-electron chi connectivity index (χ3n) is 2.00.